The molecule has 2 unspecified atom stereocenters. The van der Waals surface area contributed by atoms with Crippen LogP contribution in [0.3, 0.4) is 0 Å². The van der Waals surface area contributed by atoms with E-state index in [0.717, 1.165) is 16.7 Å². The van der Waals surface area contributed by atoms with Gasteiger partial charge in [0.25, 0.3) is 0 Å². The molecule has 0 saturated heterocycles. The summed E-state index contributed by atoms with van der Waals surface area (Å²) in [4.78, 5) is 23.6. The number of aliphatic carboxylic acids is 1. The van der Waals surface area contributed by atoms with Crippen molar-refractivity contribution in [1.82, 2.24) is 5.32 Å². The third-order valence-electron chi connectivity index (χ3n) is 4.75. The number of carbonyl (C=O) groups is 2. The van der Waals surface area contributed by atoms with Crippen molar-refractivity contribution in [2.75, 3.05) is 0 Å². The SMILES string of the molecule is CC(CC(Cc1ccc(-c2ccccc2)cc1)NC(=O)CCC(N)=NN=N)C(=O)O. The highest BCUT2D eigenvalue weighted by Crippen LogP contribution is 2.20. The summed E-state index contributed by atoms with van der Waals surface area (Å²) in [5, 5.41) is 18.4. The van der Waals surface area contributed by atoms with Crippen LogP contribution >= 0.6 is 0 Å². The van der Waals surface area contributed by atoms with Crippen LogP contribution in [0.2, 0.25) is 0 Å². The van der Waals surface area contributed by atoms with Crippen molar-refractivity contribution in [3.8, 4) is 11.1 Å². The molecule has 8 nitrogen and oxygen atoms in total. The van der Waals surface area contributed by atoms with Gasteiger partial charge in [-0.3, -0.25) is 9.59 Å². The topological polar surface area (TPSA) is 141 Å². The third kappa shape index (κ3) is 7.46. The molecule has 1 amide bonds. The molecule has 0 aromatic heterocycles. The Morgan fingerprint density at radius 3 is 2.30 bits per heavy atom. The van der Waals surface area contributed by atoms with Crippen molar-refractivity contribution in [1.29, 1.82) is 5.53 Å². The molecule has 0 saturated carbocycles. The maximum Gasteiger partial charge on any atom is 0.306 e. The maximum absolute atomic E-state index is 12.3. The highest BCUT2D eigenvalue weighted by Gasteiger charge is 2.20. The number of carbonyl (C=O) groups excluding carboxylic acids is 1. The number of rotatable bonds is 11. The number of carboxylic acid groups (broad SMARTS) is 1. The molecule has 2 aromatic carbocycles. The Morgan fingerprint density at radius 1 is 1.07 bits per heavy atom. The van der Waals surface area contributed by atoms with Crippen LogP contribution in [0.4, 0.5) is 0 Å². The molecular formula is C22H27N5O3. The van der Waals surface area contributed by atoms with Gasteiger partial charge in [0.1, 0.15) is 5.84 Å². The summed E-state index contributed by atoms with van der Waals surface area (Å²) in [5.41, 5.74) is 15.4. The summed E-state index contributed by atoms with van der Waals surface area (Å²) in [6.07, 6.45) is 1.11. The van der Waals surface area contributed by atoms with E-state index in [0.29, 0.717) is 12.8 Å². The lowest BCUT2D eigenvalue weighted by atomic mass is 9.95. The van der Waals surface area contributed by atoms with E-state index in [9.17, 15) is 14.7 Å². The number of hydrogen-bond acceptors (Lipinski definition) is 4. The lowest BCUT2D eigenvalue weighted by Gasteiger charge is -2.21. The van der Waals surface area contributed by atoms with Crippen LogP contribution in [-0.2, 0) is 16.0 Å². The first-order valence-electron chi connectivity index (χ1n) is 9.74. The van der Waals surface area contributed by atoms with Gasteiger partial charge in [0.05, 0.1) is 5.92 Å². The quantitative estimate of drug-likeness (QED) is 0.195. The number of benzene rings is 2. The van der Waals surface area contributed by atoms with Gasteiger partial charge < -0.3 is 16.2 Å². The predicted molar refractivity (Wildman–Crippen MR) is 115 cm³/mol. The average molecular weight is 409 g/mol. The van der Waals surface area contributed by atoms with Gasteiger partial charge in [-0.05, 0) is 29.5 Å². The van der Waals surface area contributed by atoms with Crippen molar-refractivity contribution in [3.05, 3.63) is 60.2 Å². The molecule has 0 aliphatic rings. The monoisotopic (exact) mass is 409 g/mol. The van der Waals surface area contributed by atoms with E-state index in [1.165, 1.54) is 0 Å². The first-order chi connectivity index (χ1) is 14.4. The van der Waals surface area contributed by atoms with Crippen LogP contribution in [0.5, 0.6) is 0 Å². The highest BCUT2D eigenvalue weighted by atomic mass is 16.4. The summed E-state index contributed by atoms with van der Waals surface area (Å²) in [7, 11) is 0. The molecule has 2 rings (SSSR count). The highest BCUT2D eigenvalue weighted by molar-refractivity contribution is 5.86. The van der Waals surface area contributed by atoms with E-state index < -0.39 is 11.9 Å². The Labute approximate surface area is 175 Å². The van der Waals surface area contributed by atoms with E-state index in [-0.39, 0.29) is 30.6 Å². The van der Waals surface area contributed by atoms with Gasteiger partial charge in [0.15, 0.2) is 0 Å². The molecule has 2 aromatic rings. The molecular weight excluding hydrogens is 382 g/mol. The normalized spacial score (nSPS) is 13.3. The fraction of sp³-hybridized carbons (Fsp3) is 0.318. The summed E-state index contributed by atoms with van der Waals surface area (Å²) in [5.74, 6) is -1.64. The van der Waals surface area contributed by atoms with Crippen LogP contribution in [0.1, 0.15) is 31.7 Å². The first kappa shape index (κ1) is 22.7. The Bertz CT molecular complexity index is 881. The number of amides is 1. The second-order valence-corrected chi connectivity index (χ2v) is 7.20. The zero-order chi connectivity index (χ0) is 21.9. The molecule has 0 aliphatic carbocycles. The lowest BCUT2D eigenvalue weighted by Crippen LogP contribution is -2.39. The second kappa shape index (κ2) is 11.5. The molecule has 0 radical (unpaired) electrons. The molecule has 2 atom stereocenters. The zero-order valence-electron chi connectivity index (χ0n) is 16.9. The summed E-state index contributed by atoms with van der Waals surface area (Å²) in [6.45, 7) is 1.63. The van der Waals surface area contributed by atoms with Crippen molar-refractivity contribution >= 4 is 17.7 Å². The number of nitrogens with one attached hydrogen (secondary N) is 2. The van der Waals surface area contributed by atoms with Crippen LogP contribution in [0, 0.1) is 11.4 Å². The van der Waals surface area contributed by atoms with Gasteiger partial charge in [-0.1, -0.05) is 66.7 Å². The molecule has 5 N–H and O–H groups in total. The van der Waals surface area contributed by atoms with Gasteiger partial charge in [0.2, 0.25) is 5.91 Å². The number of nitrogens with two attached hydrogens (primary N) is 1. The molecule has 8 heteroatoms. The van der Waals surface area contributed by atoms with Gasteiger partial charge in [-0.25, -0.2) is 0 Å². The molecule has 0 fully saturated rings. The van der Waals surface area contributed by atoms with Crippen molar-refractivity contribution < 1.29 is 14.7 Å². The Kier molecular flexibility index (Phi) is 8.68. The average Bonchev–Trinajstić information content (AvgIpc) is 2.73. The Hall–Kier alpha value is -3.55. The molecule has 30 heavy (non-hydrogen) atoms. The van der Waals surface area contributed by atoms with Crippen molar-refractivity contribution in [3.63, 3.8) is 0 Å². The van der Waals surface area contributed by atoms with Crippen LogP contribution in [0.15, 0.2) is 64.9 Å². The number of nitrogens with zero attached hydrogens (tertiary/aromatic N) is 2. The Morgan fingerprint density at radius 2 is 1.70 bits per heavy atom. The zero-order valence-corrected chi connectivity index (χ0v) is 16.9. The Balaban J connectivity index is 2.05. The van der Waals surface area contributed by atoms with Gasteiger partial charge >= 0.3 is 5.97 Å². The molecule has 0 heterocycles. The van der Waals surface area contributed by atoms with Crippen LogP contribution in [0.25, 0.3) is 11.1 Å². The summed E-state index contributed by atoms with van der Waals surface area (Å²) < 4.78 is 0. The maximum atomic E-state index is 12.3. The van der Waals surface area contributed by atoms with Crippen LogP contribution in [-0.4, -0.2) is 28.9 Å². The fourth-order valence-electron chi connectivity index (χ4n) is 3.12. The number of amidine groups is 1. The molecule has 0 bridgehead atoms. The molecule has 0 aliphatic heterocycles. The number of hydrogen-bond donors (Lipinski definition) is 4. The summed E-state index contributed by atoms with van der Waals surface area (Å²) >= 11 is 0. The van der Waals surface area contributed by atoms with E-state index in [2.05, 4.69) is 15.6 Å². The summed E-state index contributed by atoms with van der Waals surface area (Å²) in [6, 6.07) is 17.7. The standard InChI is InChI=1S/C22H27N5O3/c1-15(22(29)30)13-19(25-21(28)12-11-20(23)26-27-24)14-16-7-9-18(10-8-16)17-5-3-2-4-6-17/h2-10,15,19H,11-14H2,1H3,(H,25,28)(H,29,30)(H3,23,24,26). The number of carboxylic acids is 1. The molecule has 158 valence electrons. The second-order valence-electron chi connectivity index (χ2n) is 7.20. The predicted octanol–water partition coefficient (Wildman–Crippen LogP) is 3.58. The minimum Gasteiger partial charge on any atom is -0.481 e. The molecule has 0 spiro atoms. The van der Waals surface area contributed by atoms with E-state index in [1.807, 2.05) is 54.6 Å². The van der Waals surface area contributed by atoms with E-state index >= 15 is 0 Å². The smallest absolute Gasteiger partial charge is 0.306 e. The minimum atomic E-state index is -0.901. The van der Waals surface area contributed by atoms with Gasteiger partial charge in [-0.15, -0.1) is 5.10 Å². The van der Waals surface area contributed by atoms with Gasteiger partial charge in [-0.2, -0.15) is 5.53 Å². The van der Waals surface area contributed by atoms with Crippen LogP contribution < -0.4 is 11.1 Å². The fourth-order valence-corrected chi connectivity index (χ4v) is 3.12. The third-order valence-corrected chi connectivity index (χ3v) is 4.75. The minimum absolute atomic E-state index is 0.0930. The lowest BCUT2D eigenvalue weighted by molar-refractivity contribution is -0.141. The van der Waals surface area contributed by atoms with Gasteiger partial charge in [0, 0.05) is 18.9 Å². The van der Waals surface area contributed by atoms with Crippen molar-refractivity contribution in [2.45, 2.75) is 38.6 Å². The van der Waals surface area contributed by atoms with Crippen molar-refractivity contribution in [2.24, 2.45) is 22.0 Å². The largest absolute Gasteiger partial charge is 0.481 e. The van der Waals surface area contributed by atoms with E-state index in [1.54, 1.807) is 6.92 Å². The van der Waals surface area contributed by atoms with E-state index in [4.69, 9.17) is 11.3 Å². The first-order valence-corrected chi connectivity index (χ1v) is 9.74.